The van der Waals surface area contributed by atoms with Crippen LogP contribution >= 0.6 is 23.2 Å². The first-order chi connectivity index (χ1) is 14.4. The van der Waals surface area contributed by atoms with Gasteiger partial charge >= 0.3 is 0 Å². The summed E-state index contributed by atoms with van der Waals surface area (Å²) in [7, 11) is -3.57. The second kappa shape index (κ2) is 9.45. The predicted octanol–water partition coefficient (Wildman–Crippen LogP) is 4.41. The second-order valence-corrected chi connectivity index (χ2v) is 10.6. The predicted molar refractivity (Wildman–Crippen MR) is 123 cm³/mol. The second-order valence-electron chi connectivity index (χ2n) is 8.04. The number of piperazine rings is 1. The van der Waals surface area contributed by atoms with Gasteiger partial charge in [0.2, 0.25) is 10.0 Å². The third-order valence-electron chi connectivity index (χ3n) is 6.12. The van der Waals surface area contributed by atoms with E-state index in [1.807, 2.05) is 18.2 Å². The van der Waals surface area contributed by atoms with E-state index in [1.165, 1.54) is 0 Å². The molecule has 1 aliphatic carbocycles. The molecule has 5 nitrogen and oxygen atoms in total. The van der Waals surface area contributed by atoms with Crippen molar-refractivity contribution in [3.8, 4) is 0 Å². The van der Waals surface area contributed by atoms with Gasteiger partial charge in [-0.2, -0.15) is 0 Å². The Morgan fingerprint density at radius 3 is 2.27 bits per heavy atom. The molecule has 1 aliphatic heterocycles. The van der Waals surface area contributed by atoms with Crippen LogP contribution in [0.1, 0.15) is 25.7 Å². The van der Waals surface area contributed by atoms with Crippen LogP contribution in [0.5, 0.6) is 0 Å². The minimum atomic E-state index is -3.57. The van der Waals surface area contributed by atoms with Gasteiger partial charge in [-0.1, -0.05) is 42.1 Å². The number of halogens is 2. The lowest BCUT2D eigenvalue weighted by Gasteiger charge is -2.44. The van der Waals surface area contributed by atoms with Crippen molar-refractivity contribution in [2.75, 3.05) is 31.1 Å². The monoisotopic (exact) mass is 467 g/mol. The lowest BCUT2D eigenvalue weighted by molar-refractivity contribution is 0.124. The topological polar surface area (TPSA) is 52.7 Å². The number of anilines is 1. The molecule has 2 aromatic carbocycles. The minimum Gasteiger partial charge on any atom is -0.369 e. The van der Waals surface area contributed by atoms with Gasteiger partial charge in [-0.05, 0) is 55.3 Å². The Hall–Kier alpha value is -1.31. The highest BCUT2D eigenvalue weighted by Crippen LogP contribution is 2.28. The molecule has 1 saturated carbocycles. The van der Waals surface area contributed by atoms with Crippen molar-refractivity contribution in [1.29, 1.82) is 0 Å². The van der Waals surface area contributed by atoms with Crippen LogP contribution in [-0.2, 0) is 10.0 Å². The summed E-state index contributed by atoms with van der Waals surface area (Å²) in [6, 6.07) is 14.5. The normalized spacial score (nSPS) is 23.5. The zero-order valence-corrected chi connectivity index (χ0v) is 19.1. The van der Waals surface area contributed by atoms with E-state index in [0.29, 0.717) is 5.02 Å². The molecule has 2 fully saturated rings. The van der Waals surface area contributed by atoms with Crippen molar-refractivity contribution in [2.24, 2.45) is 0 Å². The fourth-order valence-electron chi connectivity index (χ4n) is 4.55. The molecule has 0 aromatic heterocycles. The number of rotatable bonds is 5. The van der Waals surface area contributed by atoms with E-state index >= 15 is 0 Å². The number of sulfonamides is 1. The molecule has 2 unspecified atom stereocenters. The summed E-state index contributed by atoms with van der Waals surface area (Å²) in [4.78, 5) is 5.06. The fraction of sp³-hybridized carbons (Fsp3) is 0.455. The summed E-state index contributed by atoms with van der Waals surface area (Å²) < 4.78 is 28.8. The zero-order valence-electron chi connectivity index (χ0n) is 16.8. The van der Waals surface area contributed by atoms with Gasteiger partial charge in [-0.15, -0.1) is 0 Å². The molecule has 2 aliphatic rings. The quantitative estimate of drug-likeness (QED) is 0.707. The molecular formula is C22H27Cl2N3O2S. The molecule has 162 valence electrons. The van der Waals surface area contributed by atoms with E-state index in [2.05, 4.69) is 20.6 Å². The molecule has 8 heteroatoms. The van der Waals surface area contributed by atoms with Gasteiger partial charge in [-0.25, -0.2) is 13.1 Å². The van der Waals surface area contributed by atoms with Crippen molar-refractivity contribution in [1.82, 2.24) is 9.62 Å². The Labute approximate surface area is 189 Å². The molecule has 0 spiro atoms. The van der Waals surface area contributed by atoms with Crippen molar-refractivity contribution >= 4 is 38.9 Å². The summed E-state index contributed by atoms with van der Waals surface area (Å²) in [5.41, 5.74) is 1.14. The van der Waals surface area contributed by atoms with Crippen LogP contribution in [-0.4, -0.2) is 51.6 Å². The molecule has 1 heterocycles. The van der Waals surface area contributed by atoms with Gasteiger partial charge in [0.1, 0.15) is 0 Å². The van der Waals surface area contributed by atoms with Crippen molar-refractivity contribution in [2.45, 2.75) is 42.7 Å². The zero-order chi connectivity index (χ0) is 21.1. The van der Waals surface area contributed by atoms with E-state index in [1.54, 1.807) is 24.3 Å². The summed E-state index contributed by atoms with van der Waals surface area (Å²) in [6.45, 7) is 3.65. The van der Waals surface area contributed by atoms with Gasteiger partial charge in [0, 0.05) is 54.0 Å². The van der Waals surface area contributed by atoms with Crippen LogP contribution in [0.4, 0.5) is 5.69 Å². The molecule has 1 saturated heterocycles. The molecule has 0 radical (unpaired) electrons. The third kappa shape index (κ3) is 5.11. The molecular weight excluding hydrogens is 441 g/mol. The first-order valence-electron chi connectivity index (χ1n) is 10.4. The van der Waals surface area contributed by atoms with Gasteiger partial charge in [0.05, 0.1) is 4.90 Å². The van der Waals surface area contributed by atoms with Crippen LogP contribution in [0.3, 0.4) is 0 Å². The lowest BCUT2D eigenvalue weighted by Crippen LogP contribution is -2.58. The fourth-order valence-corrected chi connectivity index (χ4v) is 6.17. The Bertz CT molecular complexity index is 961. The van der Waals surface area contributed by atoms with Crippen molar-refractivity contribution in [3.63, 3.8) is 0 Å². The maximum absolute atomic E-state index is 12.9. The van der Waals surface area contributed by atoms with Crippen LogP contribution in [0.25, 0.3) is 0 Å². The largest absolute Gasteiger partial charge is 0.369 e. The van der Waals surface area contributed by atoms with Gasteiger partial charge in [0.15, 0.2) is 0 Å². The van der Waals surface area contributed by atoms with E-state index < -0.39 is 10.0 Å². The van der Waals surface area contributed by atoms with Gasteiger partial charge in [-0.3, -0.25) is 4.90 Å². The average Bonchev–Trinajstić information content (AvgIpc) is 2.74. The van der Waals surface area contributed by atoms with E-state index in [4.69, 9.17) is 23.2 Å². The number of nitrogens with zero attached hydrogens (tertiary/aromatic N) is 2. The van der Waals surface area contributed by atoms with E-state index in [9.17, 15) is 8.42 Å². The Morgan fingerprint density at radius 1 is 0.867 bits per heavy atom. The molecule has 0 amide bonds. The molecule has 0 bridgehead atoms. The number of nitrogens with one attached hydrogen (secondary N) is 1. The van der Waals surface area contributed by atoms with E-state index in [-0.39, 0.29) is 17.0 Å². The highest BCUT2D eigenvalue weighted by molar-refractivity contribution is 7.89. The van der Waals surface area contributed by atoms with Crippen LogP contribution in [0.2, 0.25) is 10.0 Å². The first kappa shape index (κ1) is 21.9. The highest BCUT2D eigenvalue weighted by Gasteiger charge is 2.34. The first-order valence-corrected chi connectivity index (χ1v) is 12.7. The SMILES string of the molecule is O=S(=O)(NC1CCCCC1N1CCN(c2cccc(Cl)c2)CC1)c1ccc(Cl)cc1. The van der Waals surface area contributed by atoms with Crippen LogP contribution in [0.15, 0.2) is 53.4 Å². The third-order valence-corrected chi connectivity index (χ3v) is 8.11. The summed E-state index contributed by atoms with van der Waals surface area (Å²) in [5, 5.41) is 1.28. The summed E-state index contributed by atoms with van der Waals surface area (Å²) >= 11 is 12.1. The van der Waals surface area contributed by atoms with Crippen molar-refractivity contribution in [3.05, 3.63) is 58.6 Å². The Balaban J connectivity index is 1.42. The van der Waals surface area contributed by atoms with Crippen LogP contribution < -0.4 is 9.62 Å². The molecule has 2 atom stereocenters. The average molecular weight is 468 g/mol. The van der Waals surface area contributed by atoms with Gasteiger partial charge in [0.25, 0.3) is 0 Å². The smallest absolute Gasteiger partial charge is 0.240 e. The molecule has 2 aromatic rings. The molecule has 1 N–H and O–H groups in total. The maximum atomic E-state index is 12.9. The lowest BCUT2D eigenvalue weighted by atomic mass is 9.89. The molecule has 4 rings (SSSR count). The Morgan fingerprint density at radius 2 is 1.57 bits per heavy atom. The van der Waals surface area contributed by atoms with E-state index in [0.717, 1.165) is 62.6 Å². The number of hydrogen-bond donors (Lipinski definition) is 1. The summed E-state index contributed by atoms with van der Waals surface area (Å²) in [6.07, 6.45) is 4.07. The summed E-state index contributed by atoms with van der Waals surface area (Å²) in [5.74, 6) is 0. The highest BCUT2D eigenvalue weighted by atomic mass is 35.5. The van der Waals surface area contributed by atoms with Gasteiger partial charge < -0.3 is 4.90 Å². The number of hydrogen-bond acceptors (Lipinski definition) is 4. The maximum Gasteiger partial charge on any atom is 0.240 e. The minimum absolute atomic E-state index is 0.0721. The standard InChI is InChI=1S/C22H27Cl2N3O2S/c23-17-8-10-20(11-9-17)30(28,29)25-21-6-1-2-7-22(21)27-14-12-26(13-15-27)19-5-3-4-18(24)16-19/h3-5,8-11,16,21-22,25H,1-2,6-7,12-15H2. The Kier molecular flexibility index (Phi) is 6.90. The van der Waals surface area contributed by atoms with Crippen LogP contribution in [0, 0.1) is 0 Å². The number of benzene rings is 2. The molecule has 30 heavy (non-hydrogen) atoms. The van der Waals surface area contributed by atoms with Crippen molar-refractivity contribution < 1.29 is 8.42 Å².